The first kappa shape index (κ1) is 19.9. The van der Waals surface area contributed by atoms with Crippen molar-refractivity contribution < 1.29 is 19.3 Å². The number of rotatable bonds is 12. The fourth-order valence-electron chi connectivity index (χ4n) is 2.04. The average molecular weight is 325 g/mol. The molecule has 1 unspecified atom stereocenters. The lowest BCUT2D eigenvalue weighted by molar-refractivity contribution is 0.0143. The highest BCUT2D eigenvalue weighted by Gasteiger charge is 2.09. The Morgan fingerprint density at radius 2 is 1.74 bits per heavy atom. The van der Waals surface area contributed by atoms with Crippen LogP contribution in [-0.4, -0.2) is 49.7 Å². The van der Waals surface area contributed by atoms with Gasteiger partial charge in [-0.05, 0) is 31.5 Å². The van der Waals surface area contributed by atoms with Gasteiger partial charge in [-0.3, -0.25) is 0 Å². The molecule has 2 N–H and O–H groups in total. The zero-order valence-corrected chi connectivity index (χ0v) is 14.7. The summed E-state index contributed by atoms with van der Waals surface area (Å²) >= 11 is 0. The SMILES string of the molecule is CC(C)NC(CO)COc1ccc(COCCOC(C)C)cc1. The van der Waals surface area contributed by atoms with Crippen molar-refractivity contribution >= 4 is 0 Å². The van der Waals surface area contributed by atoms with Gasteiger partial charge in [0.2, 0.25) is 0 Å². The van der Waals surface area contributed by atoms with E-state index < -0.39 is 0 Å². The van der Waals surface area contributed by atoms with Gasteiger partial charge in [-0.25, -0.2) is 0 Å². The number of hydrogen-bond donors (Lipinski definition) is 2. The summed E-state index contributed by atoms with van der Waals surface area (Å²) in [5, 5.41) is 12.6. The van der Waals surface area contributed by atoms with E-state index >= 15 is 0 Å². The molecule has 0 spiro atoms. The van der Waals surface area contributed by atoms with E-state index in [9.17, 15) is 5.11 Å². The third-order valence-corrected chi connectivity index (χ3v) is 3.11. The summed E-state index contributed by atoms with van der Waals surface area (Å²) in [6, 6.07) is 8.08. The Morgan fingerprint density at radius 3 is 2.30 bits per heavy atom. The van der Waals surface area contributed by atoms with Crippen LogP contribution in [0.1, 0.15) is 33.3 Å². The lowest BCUT2D eigenvalue weighted by atomic mass is 10.2. The van der Waals surface area contributed by atoms with Crippen LogP contribution in [0.3, 0.4) is 0 Å². The molecule has 23 heavy (non-hydrogen) atoms. The lowest BCUT2D eigenvalue weighted by Crippen LogP contribution is -2.41. The number of aliphatic hydroxyl groups is 1. The summed E-state index contributed by atoms with van der Waals surface area (Å²) in [7, 11) is 0. The highest BCUT2D eigenvalue weighted by Crippen LogP contribution is 2.13. The molecule has 1 aromatic carbocycles. The van der Waals surface area contributed by atoms with Gasteiger partial charge in [-0.2, -0.15) is 0 Å². The molecular weight excluding hydrogens is 294 g/mol. The molecule has 0 saturated heterocycles. The van der Waals surface area contributed by atoms with Crippen LogP contribution in [-0.2, 0) is 16.1 Å². The van der Waals surface area contributed by atoms with Gasteiger partial charge in [0.15, 0.2) is 0 Å². The topological polar surface area (TPSA) is 60.0 Å². The van der Waals surface area contributed by atoms with Crippen LogP contribution in [0.5, 0.6) is 5.75 Å². The Morgan fingerprint density at radius 1 is 1.04 bits per heavy atom. The van der Waals surface area contributed by atoms with Crippen LogP contribution in [0.25, 0.3) is 0 Å². The predicted octanol–water partition coefficient (Wildman–Crippen LogP) is 2.37. The van der Waals surface area contributed by atoms with Crippen molar-refractivity contribution in [3.63, 3.8) is 0 Å². The molecule has 5 nitrogen and oxygen atoms in total. The zero-order valence-electron chi connectivity index (χ0n) is 14.7. The summed E-state index contributed by atoms with van der Waals surface area (Å²) in [4.78, 5) is 0. The first-order valence-electron chi connectivity index (χ1n) is 8.29. The number of ether oxygens (including phenoxy) is 3. The van der Waals surface area contributed by atoms with Crippen molar-refractivity contribution in [2.45, 2.75) is 52.5 Å². The second-order valence-corrected chi connectivity index (χ2v) is 6.13. The molecule has 0 aromatic heterocycles. The molecular formula is C18H31NO4. The summed E-state index contributed by atoms with van der Waals surface area (Å²) in [6.07, 6.45) is 0.239. The minimum Gasteiger partial charge on any atom is -0.492 e. The quantitative estimate of drug-likeness (QED) is 0.578. The number of hydrogen-bond acceptors (Lipinski definition) is 5. The van der Waals surface area contributed by atoms with E-state index in [-0.39, 0.29) is 18.8 Å². The van der Waals surface area contributed by atoms with Crippen LogP contribution >= 0.6 is 0 Å². The molecule has 1 rings (SSSR count). The molecule has 1 aromatic rings. The molecule has 0 aliphatic heterocycles. The maximum absolute atomic E-state index is 9.30. The van der Waals surface area contributed by atoms with Crippen molar-refractivity contribution in [1.29, 1.82) is 0 Å². The van der Waals surface area contributed by atoms with Gasteiger partial charge in [0.05, 0.1) is 38.6 Å². The largest absolute Gasteiger partial charge is 0.492 e. The molecule has 0 aliphatic carbocycles. The summed E-state index contributed by atoms with van der Waals surface area (Å²) in [5.41, 5.74) is 1.10. The Hall–Kier alpha value is -1.14. The van der Waals surface area contributed by atoms with Gasteiger partial charge >= 0.3 is 0 Å². The van der Waals surface area contributed by atoms with Crippen molar-refractivity contribution in [3.8, 4) is 5.75 Å². The van der Waals surface area contributed by atoms with Crippen molar-refractivity contribution in [2.24, 2.45) is 0 Å². The minimum atomic E-state index is -0.0565. The van der Waals surface area contributed by atoms with Crippen LogP contribution < -0.4 is 10.1 Å². The highest BCUT2D eigenvalue weighted by atomic mass is 16.5. The normalized spacial score (nSPS) is 12.8. The molecule has 0 saturated carbocycles. The first-order valence-corrected chi connectivity index (χ1v) is 8.29. The molecule has 0 heterocycles. The third kappa shape index (κ3) is 9.56. The van der Waals surface area contributed by atoms with Gasteiger partial charge in [0, 0.05) is 6.04 Å². The minimum absolute atomic E-state index is 0.0565. The highest BCUT2D eigenvalue weighted by molar-refractivity contribution is 5.26. The second-order valence-electron chi connectivity index (χ2n) is 6.13. The smallest absolute Gasteiger partial charge is 0.119 e. The second kappa shape index (κ2) is 11.4. The molecule has 132 valence electrons. The van der Waals surface area contributed by atoms with E-state index in [1.807, 2.05) is 52.0 Å². The molecule has 0 bridgehead atoms. The van der Waals surface area contributed by atoms with Gasteiger partial charge in [-0.15, -0.1) is 0 Å². The van der Waals surface area contributed by atoms with Crippen LogP contribution in [0.15, 0.2) is 24.3 Å². The van der Waals surface area contributed by atoms with Crippen LogP contribution in [0, 0.1) is 0 Å². The molecule has 0 amide bonds. The van der Waals surface area contributed by atoms with Crippen molar-refractivity contribution in [3.05, 3.63) is 29.8 Å². The third-order valence-electron chi connectivity index (χ3n) is 3.11. The molecule has 1 atom stereocenters. The first-order chi connectivity index (χ1) is 11.0. The summed E-state index contributed by atoms with van der Waals surface area (Å²) in [5.74, 6) is 0.792. The van der Waals surface area contributed by atoms with E-state index in [2.05, 4.69) is 5.32 Å². The molecule has 0 fully saturated rings. The average Bonchev–Trinajstić information content (AvgIpc) is 2.51. The summed E-state index contributed by atoms with van der Waals surface area (Å²) in [6.45, 7) is 10.4. The fraction of sp³-hybridized carbons (Fsp3) is 0.667. The van der Waals surface area contributed by atoms with E-state index in [0.717, 1.165) is 11.3 Å². The van der Waals surface area contributed by atoms with E-state index in [0.29, 0.717) is 32.5 Å². The van der Waals surface area contributed by atoms with Crippen LogP contribution in [0.2, 0.25) is 0 Å². The molecule has 0 aliphatic rings. The van der Waals surface area contributed by atoms with Crippen molar-refractivity contribution in [1.82, 2.24) is 5.32 Å². The monoisotopic (exact) mass is 325 g/mol. The maximum Gasteiger partial charge on any atom is 0.119 e. The Bertz CT molecular complexity index is 406. The number of aliphatic hydroxyl groups excluding tert-OH is 1. The Kier molecular flexibility index (Phi) is 9.87. The van der Waals surface area contributed by atoms with E-state index in [1.165, 1.54) is 0 Å². The fourth-order valence-corrected chi connectivity index (χ4v) is 2.04. The number of nitrogens with one attached hydrogen (secondary N) is 1. The standard InChI is InChI=1S/C18H31NO4/c1-14(2)19-17(11-20)13-23-18-7-5-16(6-8-18)12-21-9-10-22-15(3)4/h5-8,14-15,17,19-20H,9-13H2,1-4H3. The van der Waals surface area contributed by atoms with Gasteiger partial charge in [-0.1, -0.05) is 26.0 Å². The van der Waals surface area contributed by atoms with Crippen LogP contribution in [0.4, 0.5) is 0 Å². The lowest BCUT2D eigenvalue weighted by Gasteiger charge is -2.19. The zero-order chi connectivity index (χ0) is 17.1. The van der Waals surface area contributed by atoms with E-state index in [4.69, 9.17) is 14.2 Å². The molecule has 5 heteroatoms. The van der Waals surface area contributed by atoms with E-state index in [1.54, 1.807) is 0 Å². The van der Waals surface area contributed by atoms with Gasteiger partial charge in [0.25, 0.3) is 0 Å². The Balaban J connectivity index is 2.27. The maximum atomic E-state index is 9.30. The van der Waals surface area contributed by atoms with Gasteiger partial charge in [0.1, 0.15) is 12.4 Å². The van der Waals surface area contributed by atoms with Gasteiger partial charge < -0.3 is 24.6 Å². The molecule has 0 radical (unpaired) electrons. The Labute approximate surface area is 139 Å². The van der Waals surface area contributed by atoms with Crippen molar-refractivity contribution in [2.75, 3.05) is 26.4 Å². The predicted molar refractivity (Wildman–Crippen MR) is 91.8 cm³/mol. The summed E-state index contributed by atoms with van der Waals surface area (Å²) < 4.78 is 16.7. The number of benzene rings is 1.